The van der Waals surface area contributed by atoms with Crippen molar-refractivity contribution < 1.29 is 29.0 Å². The van der Waals surface area contributed by atoms with Crippen molar-refractivity contribution in [3.63, 3.8) is 0 Å². The summed E-state index contributed by atoms with van der Waals surface area (Å²) in [4.78, 5) is 41.4. The van der Waals surface area contributed by atoms with Gasteiger partial charge in [0, 0.05) is 31.1 Å². The highest BCUT2D eigenvalue weighted by Gasteiger charge is 2.46. The van der Waals surface area contributed by atoms with Gasteiger partial charge in [-0.15, -0.1) is 0 Å². The van der Waals surface area contributed by atoms with Gasteiger partial charge in [0.25, 0.3) is 0 Å². The molecule has 9 nitrogen and oxygen atoms in total. The topological polar surface area (TPSA) is 117 Å². The highest BCUT2D eigenvalue weighted by Crippen LogP contribution is 2.36. The first-order valence-corrected chi connectivity index (χ1v) is 17.8. The highest BCUT2D eigenvalue weighted by atomic mass is 16.7. The molecule has 1 saturated carbocycles. The van der Waals surface area contributed by atoms with E-state index in [1.165, 1.54) is 51.4 Å². The van der Waals surface area contributed by atoms with Gasteiger partial charge in [0.2, 0.25) is 5.91 Å². The van der Waals surface area contributed by atoms with Gasteiger partial charge in [0.15, 0.2) is 5.79 Å². The van der Waals surface area contributed by atoms with E-state index in [2.05, 4.69) is 24.5 Å². The normalized spacial score (nSPS) is 23.5. The number of rotatable bonds is 20. The van der Waals surface area contributed by atoms with Crippen LogP contribution in [-0.2, 0) is 19.1 Å². The third-order valence-electron chi connectivity index (χ3n) is 9.47. The molecule has 0 aromatic heterocycles. The Bertz CT molecular complexity index is 863. The van der Waals surface area contributed by atoms with Crippen molar-refractivity contribution in [1.82, 2.24) is 15.5 Å². The average molecular weight is 624 g/mol. The molecule has 4 atom stereocenters. The first-order valence-electron chi connectivity index (χ1n) is 17.8. The van der Waals surface area contributed by atoms with Crippen LogP contribution in [-0.4, -0.2) is 72.1 Å². The minimum atomic E-state index is -0.934. The Balaban J connectivity index is 1.96. The Hall–Kier alpha value is -1.87. The van der Waals surface area contributed by atoms with E-state index in [0.717, 1.165) is 51.4 Å². The van der Waals surface area contributed by atoms with Gasteiger partial charge in [-0.2, -0.15) is 0 Å². The second-order valence-electron chi connectivity index (χ2n) is 14.3. The summed E-state index contributed by atoms with van der Waals surface area (Å²) in [6, 6.07) is -0.255. The third kappa shape index (κ3) is 12.9. The molecule has 1 heterocycles. The molecule has 3 N–H and O–H groups in total. The zero-order chi connectivity index (χ0) is 32.6. The van der Waals surface area contributed by atoms with Gasteiger partial charge in [-0.3, -0.25) is 9.59 Å². The molecule has 0 bridgehead atoms. The van der Waals surface area contributed by atoms with E-state index in [-0.39, 0.29) is 30.4 Å². The largest absolute Gasteiger partial charge is 0.481 e. The van der Waals surface area contributed by atoms with Crippen LogP contribution in [0.5, 0.6) is 0 Å². The number of hydrogen-bond donors (Lipinski definition) is 3. The fourth-order valence-electron chi connectivity index (χ4n) is 6.70. The molecule has 0 aromatic rings. The molecule has 1 aliphatic heterocycles. The van der Waals surface area contributed by atoms with Gasteiger partial charge in [-0.05, 0) is 45.4 Å². The average Bonchev–Trinajstić information content (AvgIpc) is 2.98. The van der Waals surface area contributed by atoms with E-state index >= 15 is 0 Å². The lowest BCUT2D eigenvalue weighted by atomic mass is 9.75. The number of hydrogen-bond acceptors (Lipinski definition) is 5. The lowest BCUT2D eigenvalue weighted by molar-refractivity contribution is -0.304. The van der Waals surface area contributed by atoms with Crippen molar-refractivity contribution in [1.29, 1.82) is 0 Å². The number of nitrogens with zero attached hydrogens (tertiary/aromatic N) is 1. The van der Waals surface area contributed by atoms with Crippen LogP contribution >= 0.6 is 0 Å². The lowest BCUT2D eigenvalue weighted by Crippen LogP contribution is -2.58. The van der Waals surface area contributed by atoms with Crippen molar-refractivity contribution in [3.05, 3.63) is 0 Å². The van der Waals surface area contributed by atoms with Crippen molar-refractivity contribution >= 4 is 17.9 Å². The fraction of sp³-hybridized carbons (Fsp3) is 0.914. The number of amides is 3. The van der Waals surface area contributed by atoms with Crippen LogP contribution in [0.3, 0.4) is 0 Å². The van der Waals surface area contributed by atoms with Gasteiger partial charge < -0.3 is 30.1 Å². The number of nitrogens with one attached hydrogen (secondary N) is 2. The maximum Gasteiger partial charge on any atom is 0.317 e. The molecular weight excluding hydrogens is 558 g/mol. The zero-order valence-corrected chi connectivity index (χ0v) is 28.9. The molecule has 3 amide bonds. The van der Waals surface area contributed by atoms with Crippen LogP contribution in [0.2, 0.25) is 0 Å². The molecule has 1 saturated heterocycles. The predicted molar refractivity (Wildman–Crippen MR) is 175 cm³/mol. The van der Waals surface area contributed by atoms with Crippen LogP contribution in [0, 0.1) is 17.3 Å². The summed E-state index contributed by atoms with van der Waals surface area (Å²) in [5.41, 5.74) is -0.547. The molecule has 1 aliphatic carbocycles. The minimum Gasteiger partial charge on any atom is -0.481 e. The van der Waals surface area contributed by atoms with Crippen LogP contribution in [0.15, 0.2) is 0 Å². The minimum absolute atomic E-state index is 0.00833. The first-order chi connectivity index (χ1) is 20.9. The lowest BCUT2D eigenvalue weighted by Gasteiger charge is -2.45. The number of carbonyl (C=O) groups excluding carboxylic acids is 2. The van der Waals surface area contributed by atoms with Crippen LogP contribution in [0.4, 0.5) is 4.79 Å². The number of ether oxygens (including phenoxy) is 2. The summed E-state index contributed by atoms with van der Waals surface area (Å²) < 4.78 is 11.7. The predicted octanol–water partition coefficient (Wildman–Crippen LogP) is 7.27. The highest BCUT2D eigenvalue weighted by molar-refractivity contribution is 5.82. The van der Waals surface area contributed by atoms with E-state index in [0.29, 0.717) is 19.7 Å². The summed E-state index contributed by atoms with van der Waals surface area (Å²) in [5.74, 6) is -3.17. The number of unbranched alkanes of at least 4 members (excludes halogenated alkanes) is 10. The number of aliphatic carboxylic acids is 1. The maximum atomic E-state index is 13.5. The number of carbonyl (C=O) groups is 3. The van der Waals surface area contributed by atoms with Gasteiger partial charge in [-0.1, -0.05) is 105 Å². The second-order valence-corrected chi connectivity index (χ2v) is 14.3. The standard InChI is InChI=1S/C35H65N3O6/c1-7-9-11-12-13-14-15-16-17-20-23-36-33(42)38(24-10-8-2)29-22-19-18-21-27(29)28(32(40)41)25-37-31(39)30-34(3,4)26-43-35(5,6)44-30/h27-30H,7-26H2,1-6H3,(H,36,42)(H,37,39)(H,40,41). The van der Waals surface area contributed by atoms with Crippen molar-refractivity contribution in [2.45, 2.75) is 162 Å². The molecule has 0 radical (unpaired) electrons. The van der Waals surface area contributed by atoms with Gasteiger partial charge in [0.1, 0.15) is 6.10 Å². The molecule has 2 rings (SSSR count). The maximum absolute atomic E-state index is 13.5. The number of carboxylic acids is 1. The molecule has 4 unspecified atom stereocenters. The first kappa shape index (κ1) is 38.3. The SMILES string of the molecule is CCCCCCCCCCCCNC(=O)N(CCCC)C1CCCCC1C(CNC(=O)C1OC(C)(C)OCC1(C)C)C(=O)O. The van der Waals surface area contributed by atoms with Crippen molar-refractivity contribution in [3.8, 4) is 0 Å². The number of urea groups is 1. The van der Waals surface area contributed by atoms with E-state index in [1.54, 1.807) is 13.8 Å². The Morgan fingerprint density at radius 1 is 0.841 bits per heavy atom. The van der Waals surface area contributed by atoms with E-state index in [1.807, 2.05) is 18.7 Å². The van der Waals surface area contributed by atoms with Crippen LogP contribution in [0.1, 0.15) is 144 Å². The van der Waals surface area contributed by atoms with E-state index < -0.39 is 29.2 Å². The zero-order valence-electron chi connectivity index (χ0n) is 28.9. The Morgan fingerprint density at radius 3 is 2.05 bits per heavy atom. The molecule has 256 valence electrons. The summed E-state index contributed by atoms with van der Waals surface area (Å²) in [6.07, 6.45) is 16.9. The molecule has 2 fully saturated rings. The molecule has 9 heteroatoms. The quantitative estimate of drug-likeness (QED) is 0.123. The Kier molecular flexibility index (Phi) is 17.1. The Labute approximate surface area is 268 Å². The Morgan fingerprint density at radius 2 is 1.43 bits per heavy atom. The molecule has 2 aliphatic rings. The monoisotopic (exact) mass is 623 g/mol. The molecule has 44 heavy (non-hydrogen) atoms. The summed E-state index contributed by atoms with van der Waals surface area (Å²) in [7, 11) is 0. The molecular formula is C35H65N3O6. The third-order valence-corrected chi connectivity index (χ3v) is 9.47. The van der Waals surface area contributed by atoms with E-state index in [4.69, 9.17) is 9.47 Å². The van der Waals surface area contributed by atoms with E-state index in [9.17, 15) is 19.5 Å². The van der Waals surface area contributed by atoms with Crippen molar-refractivity contribution in [2.24, 2.45) is 17.3 Å². The van der Waals surface area contributed by atoms with Crippen molar-refractivity contribution in [2.75, 3.05) is 26.2 Å². The fourth-order valence-corrected chi connectivity index (χ4v) is 6.70. The summed E-state index contributed by atoms with van der Waals surface area (Å²) >= 11 is 0. The van der Waals surface area contributed by atoms with Crippen LogP contribution in [0.25, 0.3) is 0 Å². The number of carboxylic acid groups (broad SMARTS) is 1. The van der Waals surface area contributed by atoms with Gasteiger partial charge in [0.05, 0.1) is 12.5 Å². The summed E-state index contributed by atoms with van der Waals surface area (Å²) in [6.45, 7) is 13.4. The van der Waals surface area contributed by atoms with Gasteiger partial charge in [-0.25, -0.2) is 4.79 Å². The van der Waals surface area contributed by atoms with Crippen LogP contribution < -0.4 is 10.6 Å². The van der Waals surface area contributed by atoms with Gasteiger partial charge >= 0.3 is 12.0 Å². The molecule has 0 spiro atoms. The molecule has 0 aromatic carbocycles. The summed E-state index contributed by atoms with van der Waals surface area (Å²) in [5, 5.41) is 16.4. The second kappa shape index (κ2) is 19.6. The smallest absolute Gasteiger partial charge is 0.317 e.